The topological polar surface area (TPSA) is 41.3 Å². The van der Waals surface area contributed by atoms with Crippen molar-refractivity contribution < 1.29 is 4.39 Å². The average molecular weight is 237 g/mol. The van der Waals surface area contributed by atoms with Crippen molar-refractivity contribution in [2.24, 2.45) is 0 Å². The van der Waals surface area contributed by atoms with Crippen molar-refractivity contribution in [2.45, 2.75) is 24.8 Å². The number of halogens is 1. The van der Waals surface area contributed by atoms with Crippen LogP contribution in [-0.4, -0.2) is 31.1 Å². The molecular weight excluding hydrogens is 217 g/mol. The van der Waals surface area contributed by atoms with Gasteiger partial charge in [-0.3, -0.25) is 0 Å². The fraction of sp³-hybridized carbons (Fsp3) is 0.538. The summed E-state index contributed by atoms with van der Waals surface area (Å²) in [4.78, 5) is 2.25. The molecule has 4 heteroatoms. The van der Waals surface area contributed by atoms with Gasteiger partial charge in [0.2, 0.25) is 0 Å². The summed E-state index contributed by atoms with van der Waals surface area (Å²) < 4.78 is 13.1. The highest BCUT2D eigenvalue weighted by atomic mass is 19.1. The van der Waals surface area contributed by atoms with Gasteiger partial charge in [0.15, 0.2) is 0 Å². The first-order valence-electron chi connectivity index (χ1n) is 6.00. The molecule has 1 aliphatic carbocycles. The van der Waals surface area contributed by atoms with Gasteiger partial charge < -0.3 is 16.0 Å². The molecule has 0 heterocycles. The van der Waals surface area contributed by atoms with Crippen LogP contribution in [0.1, 0.15) is 19.3 Å². The molecular formula is C13H20FN3. The van der Waals surface area contributed by atoms with Crippen LogP contribution in [-0.2, 0) is 0 Å². The lowest BCUT2D eigenvalue weighted by atomic mass is 9.75. The molecule has 1 aromatic rings. The number of anilines is 2. The number of nitrogens with one attached hydrogen (secondary N) is 1. The molecule has 1 fully saturated rings. The lowest BCUT2D eigenvalue weighted by molar-refractivity contribution is 0.0739. The summed E-state index contributed by atoms with van der Waals surface area (Å²) in [6.07, 6.45) is 3.63. The number of benzene rings is 1. The van der Waals surface area contributed by atoms with E-state index in [0.717, 1.165) is 6.54 Å². The molecule has 3 N–H and O–H groups in total. The summed E-state index contributed by atoms with van der Waals surface area (Å²) in [6, 6.07) is 4.43. The van der Waals surface area contributed by atoms with Crippen molar-refractivity contribution in [3.63, 3.8) is 0 Å². The first kappa shape index (κ1) is 12.2. The number of likely N-dealkylation sites (N-methyl/N-ethyl adjacent to an activating group) is 1. The van der Waals surface area contributed by atoms with Gasteiger partial charge >= 0.3 is 0 Å². The largest absolute Gasteiger partial charge is 0.397 e. The molecule has 0 radical (unpaired) electrons. The Morgan fingerprint density at radius 1 is 1.41 bits per heavy atom. The molecule has 17 heavy (non-hydrogen) atoms. The van der Waals surface area contributed by atoms with Crippen molar-refractivity contribution in [1.29, 1.82) is 0 Å². The summed E-state index contributed by atoms with van der Waals surface area (Å²) in [5, 5.41) is 3.27. The third-order valence-corrected chi connectivity index (χ3v) is 3.86. The Hall–Kier alpha value is -1.29. The second-order valence-corrected chi connectivity index (χ2v) is 5.06. The lowest BCUT2D eigenvalue weighted by Gasteiger charge is -2.47. The molecule has 0 aromatic heterocycles. The SMILES string of the molecule is CN(C)C1(CNc2cc(F)ccc2N)CCC1. The first-order chi connectivity index (χ1) is 8.03. The van der Waals surface area contributed by atoms with Crippen LogP contribution in [0.3, 0.4) is 0 Å². The van der Waals surface area contributed by atoms with E-state index < -0.39 is 0 Å². The Kier molecular flexibility index (Phi) is 3.24. The van der Waals surface area contributed by atoms with Gasteiger partial charge in [-0.25, -0.2) is 4.39 Å². The van der Waals surface area contributed by atoms with E-state index in [-0.39, 0.29) is 11.4 Å². The summed E-state index contributed by atoms with van der Waals surface area (Å²) >= 11 is 0. The van der Waals surface area contributed by atoms with Crippen LogP contribution in [0.15, 0.2) is 18.2 Å². The second kappa shape index (κ2) is 4.53. The van der Waals surface area contributed by atoms with Crippen molar-refractivity contribution in [3.8, 4) is 0 Å². The predicted octanol–water partition coefficient (Wildman–Crippen LogP) is 2.30. The van der Waals surface area contributed by atoms with Gasteiger partial charge in [0.25, 0.3) is 0 Å². The van der Waals surface area contributed by atoms with Gasteiger partial charge in [0.05, 0.1) is 11.4 Å². The average Bonchev–Trinajstić information content (AvgIpc) is 2.21. The number of hydrogen-bond acceptors (Lipinski definition) is 3. The maximum absolute atomic E-state index is 13.1. The highest BCUT2D eigenvalue weighted by Gasteiger charge is 2.38. The zero-order valence-corrected chi connectivity index (χ0v) is 10.5. The van der Waals surface area contributed by atoms with E-state index in [2.05, 4.69) is 24.3 Å². The molecule has 1 saturated carbocycles. The van der Waals surface area contributed by atoms with Crippen molar-refractivity contribution in [2.75, 3.05) is 31.7 Å². The first-order valence-corrected chi connectivity index (χ1v) is 6.00. The van der Waals surface area contributed by atoms with Crippen LogP contribution in [0.25, 0.3) is 0 Å². The third kappa shape index (κ3) is 2.36. The van der Waals surface area contributed by atoms with Crippen LogP contribution < -0.4 is 11.1 Å². The number of rotatable bonds is 4. The smallest absolute Gasteiger partial charge is 0.125 e. The van der Waals surface area contributed by atoms with Crippen LogP contribution in [0.4, 0.5) is 15.8 Å². The zero-order valence-electron chi connectivity index (χ0n) is 10.5. The number of nitrogens with two attached hydrogens (primary N) is 1. The summed E-state index contributed by atoms with van der Waals surface area (Å²) in [6.45, 7) is 0.813. The van der Waals surface area contributed by atoms with Crippen molar-refractivity contribution in [1.82, 2.24) is 4.90 Å². The Bertz CT molecular complexity index is 400. The Balaban J connectivity index is 2.04. The molecule has 2 rings (SSSR count). The van der Waals surface area contributed by atoms with E-state index in [1.54, 1.807) is 6.07 Å². The van der Waals surface area contributed by atoms with Crippen LogP contribution in [0.5, 0.6) is 0 Å². The molecule has 3 nitrogen and oxygen atoms in total. The standard InChI is InChI=1S/C13H20FN3/c1-17(2)13(6-3-7-13)9-16-12-8-10(14)4-5-11(12)15/h4-5,8,16H,3,6-7,9,15H2,1-2H3. The van der Waals surface area contributed by atoms with Gasteiger partial charge in [-0.15, -0.1) is 0 Å². The summed E-state index contributed by atoms with van der Waals surface area (Å²) in [5.74, 6) is -0.255. The molecule has 0 amide bonds. The third-order valence-electron chi connectivity index (χ3n) is 3.86. The number of hydrogen-bond donors (Lipinski definition) is 2. The predicted molar refractivity (Wildman–Crippen MR) is 69.6 cm³/mol. The maximum atomic E-state index is 13.1. The lowest BCUT2D eigenvalue weighted by Crippen LogP contribution is -2.54. The number of nitrogen functional groups attached to an aromatic ring is 1. The van der Waals surface area contributed by atoms with E-state index in [1.807, 2.05) is 0 Å². The highest BCUT2D eigenvalue weighted by molar-refractivity contribution is 5.66. The summed E-state index contributed by atoms with van der Waals surface area (Å²) in [5.41, 5.74) is 7.31. The minimum atomic E-state index is -0.255. The minimum Gasteiger partial charge on any atom is -0.397 e. The Morgan fingerprint density at radius 2 is 2.12 bits per heavy atom. The Labute approximate surface area is 102 Å². The van der Waals surface area contributed by atoms with Crippen LogP contribution >= 0.6 is 0 Å². The highest BCUT2D eigenvalue weighted by Crippen LogP contribution is 2.36. The normalized spacial score (nSPS) is 17.9. The van der Waals surface area contributed by atoms with Crippen molar-refractivity contribution >= 4 is 11.4 Å². The maximum Gasteiger partial charge on any atom is 0.125 e. The fourth-order valence-electron chi connectivity index (χ4n) is 2.31. The molecule has 0 aliphatic heterocycles. The molecule has 1 aliphatic rings. The van der Waals surface area contributed by atoms with Gasteiger partial charge in [-0.05, 0) is 51.6 Å². The Morgan fingerprint density at radius 3 is 2.65 bits per heavy atom. The molecule has 1 aromatic carbocycles. The van der Waals surface area contributed by atoms with Gasteiger partial charge in [-0.2, -0.15) is 0 Å². The molecule has 0 unspecified atom stereocenters. The van der Waals surface area contributed by atoms with Crippen LogP contribution in [0, 0.1) is 5.82 Å². The monoisotopic (exact) mass is 237 g/mol. The molecule has 0 spiro atoms. The molecule has 94 valence electrons. The summed E-state index contributed by atoms with van der Waals surface area (Å²) in [7, 11) is 4.19. The van der Waals surface area contributed by atoms with E-state index >= 15 is 0 Å². The quantitative estimate of drug-likeness (QED) is 0.790. The molecule has 0 atom stereocenters. The fourth-order valence-corrected chi connectivity index (χ4v) is 2.31. The van der Waals surface area contributed by atoms with Crippen molar-refractivity contribution in [3.05, 3.63) is 24.0 Å². The van der Waals surface area contributed by atoms with E-state index in [4.69, 9.17) is 5.73 Å². The van der Waals surface area contributed by atoms with E-state index in [1.165, 1.54) is 31.4 Å². The number of nitrogens with zero attached hydrogens (tertiary/aromatic N) is 1. The van der Waals surface area contributed by atoms with E-state index in [0.29, 0.717) is 11.4 Å². The van der Waals surface area contributed by atoms with Crippen LogP contribution in [0.2, 0.25) is 0 Å². The molecule has 0 bridgehead atoms. The van der Waals surface area contributed by atoms with Gasteiger partial charge in [0.1, 0.15) is 5.82 Å². The molecule has 0 saturated heterocycles. The minimum absolute atomic E-state index is 0.207. The second-order valence-electron chi connectivity index (χ2n) is 5.06. The zero-order chi connectivity index (χ0) is 12.5. The van der Waals surface area contributed by atoms with Gasteiger partial charge in [0, 0.05) is 12.1 Å². The van der Waals surface area contributed by atoms with Gasteiger partial charge in [-0.1, -0.05) is 0 Å². The van der Waals surface area contributed by atoms with E-state index in [9.17, 15) is 4.39 Å².